The van der Waals surface area contributed by atoms with Crippen molar-refractivity contribution in [1.29, 1.82) is 0 Å². The standard InChI is InChI=1S/C7H16N2O2/c1-5(2)4-11-6(3)7(8)9-10/h5-6,10H,4H2,1-3H3,(H2,8,9)/t6-/m1/s1. The second-order valence-corrected chi connectivity index (χ2v) is 2.89. The van der Waals surface area contributed by atoms with Crippen molar-refractivity contribution in [1.82, 2.24) is 0 Å². The van der Waals surface area contributed by atoms with Gasteiger partial charge in [-0.3, -0.25) is 0 Å². The van der Waals surface area contributed by atoms with Crippen molar-refractivity contribution in [2.24, 2.45) is 16.8 Å². The molecule has 0 unspecified atom stereocenters. The summed E-state index contributed by atoms with van der Waals surface area (Å²) in [6.45, 7) is 6.45. The summed E-state index contributed by atoms with van der Waals surface area (Å²) in [7, 11) is 0. The van der Waals surface area contributed by atoms with Crippen molar-refractivity contribution < 1.29 is 9.94 Å². The van der Waals surface area contributed by atoms with E-state index in [9.17, 15) is 0 Å². The van der Waals surface area contributed by atoms with Crippen LogP contribution < -0.4 is 5.73 Å². The van der Waals surface area contributed by atoms with Gasteiger partial charge in [-0.05, 0) is 12.8 Å². The Balaban J connectivity index is 3.61. The van der Waals surface area contributed by atoms with Gasteiger partial charge < -0.3 is 15.7 Å². The molecule has 11 heavy (non-hydrogen) atoms. The zero-order valence-electron chi connectivity index (χ0n) is 7.24. The van der Waals surface area contributed by atoms with E-state index in [0.29, 0.717) is 12.5 Å². The van der Waals surface area contributed by atoms with Gasteiger partial charge in [-0.2, -0.15) is 0 Å². The van der Waals surface area contributed by atoms with Crippen molar-refractivity contribution in [2.45, 2.75) is 26.9 Å². The SMILES string of the molecule is CC(C)CO[C@H](C)/C(N)=N\O. The average molecular weight is 160 g/mol. The lowest BCUT2D eigenvalue weighted by Crippen LogP contribution is -2.29. The summed E-state index contributed by atoms with van der Waals surface area (Å²) in [6.07, 6.45) is -0.303. The first-order valence-electron chi connectivity index (χ1n) is 3.67. The van der Waals surface area contributed by atoms with Crippen LogP contribution in [-0.2, 0) is 4.74 Å². The molecule has 1 atom stereocenters. The Morgan fingerprint density at radius 2 is 2.09 bits per heavy atom. The molecular formula is C7H16N2O2. The number of nitrogens with zero attached hydrogens (tertiary/aromatic N) is 1. The Hall–Kier alpha value is -0.770. The zero-order chi connectivity index (χ0) is 8.85. The lowest BCUT2D eigenvalue weighted by atomic mass is 10.2. The van der Waals surface area contributed by atoms with Gasteiger partial charge in [-0.15, -0.1) is 0 Å². The normalized spacial score (nSPS) is 15.5. The largest absolute Gasteiger partial charge is 0.409 e. The van der Waals surface area contributed by atoms with Crippen LogP contribution >= 0.6 is 0 Å². The van der Waals surface area contributed by atoms with Crippen LogP contribution in [0.4, 0.5) is 0 Å². The smallest absolute Gasteiger partial charge is 0.168 e. The number of rotatable bonds is 4. The predicted octanol–water partition coefficient (Wildman–Crippen LogP) is 0.794. The quantitative estimate of drug-likeness (QED) is 0.276. The molecule has 0 aromatic carbocycles. The first-order chi connectivity index (χ1) is 5.07. The fourth-order valence-electron chi connectivity index (χ4n) is 0.503. The molecule has 0 aromatic heterocycles. The molecule has 0 aliphatic carbocycles. The molecule has 0 aromatic rings. The summed E-state index contributed by atoms with van der Waals surface area (Å²) in [5.74, 6) is 0.578. The molecule has 66 valence electrons. The molecule has 0 spiro atoms. The molecule has 0 fully saturated rings. The van der Waals surface area contributed by atoms with Crippen LogP contribution in [0.15, 0.2) is 5.16 Å². The Kier molecular flexibility index (Phi) is 4.61. The van der Waals surface area contributed by atoms with Crippen LogP contribution in [0.3, 0.4) is 0 Å². The molecule has 0 aliphatic rings. The molecule has 0 saturated heterocycles. The van der Waals surface area contributed by atoms with Gasteiger partial charge >= 0.3 is 0 Å². The number of ether oxygens (including phenoxy) is 1. The third-order valence-electron chi connectivity index (χ3n) is 1.21. The van der Waals surface area contributed by atoms with Crippen LogP contribution in [0.2, 0.25) is 0 Å². The topological polar surface area (TPSA) is 67.8 Å². The van der Waals surface area contributed by atoms with E-state index in [1.165, 1.54) is 0 Å². The molecule has 4 nitrogen and oxygen atoms in total. The minimum absolute atomic E-state index is 0.116. The van der Waals surface area contributed by atoms with Crippen molar-refractivity contribution in [2.75, 3.05) is 6.61 Å². The zero-order valence-corrected chi connectivity index (χ0v) is 7.24. The number of oxime groups is 1. The van der Waals surface area contributed by atoms with E-state index in [2.05, 4.69) is 5.16 Å². The molecule has 3 N–H and O–H groups in total. The second-order valence-electron chi connectivity index (χ2n) is 2.89. The number of amidine groups is 1. The van der Waals surface area contributed by atoms with E-state index >= 15 is 0 Å². The van der Waals surface area contributed by atoms with Crippen molar-refractivity contribution >= 4 is 5.84 Å². The molecule has 0 heterocycles. The van der Waals surface area contributed by atoms with Gasteiger partial charge in [-0.1, -0.05) is 19.0 Å². The van der Waals surface area contributed by atoms with Crippen LogP contribution in [0, 0.1) is 5.92 Å². The lowest BCUT2D eigenvalue weighted by molar-refractivity contribution is 0.0843. The highest BCUT2D eigenvalue weighted by molar-refractivity contribution is 5.83. The van der Waals surface area contributed by atoms with Crippen LogP contribution in [-0.4, -0.2) is 23.8 Å². The first-order valence-corrected chi connectivity index (χ1v) is 3.67. The van der Waals surface area contributed by atoms with Gasteiger partial charge in [0.2, 0.25) is 0 Å². The number of hydrogen-bond donors (Lipinski definition) is 2. The Labute approximate surface area is 67.0 Å². The van der Waals surface area contributed by atoms with Crippen molar-refractivity contribution in [3.8, 4) is 0 Å². The van der Waals surface area contributed by atoms with Crippen molar-refractivity contribution in [3.05, 3.63) is 0 Å². The fourth-order valence-corrected chi connectivity index (χ4v) is 0.503. The molecule has 0 bridgehead atoms. The van der Waals surface area contributed by atoms with Gasteiger partial charge in [0.1, 0.15) is 6.10 Å². The van der Waals surface area contributed by atoms with E-state index in [-0.39, 0.29) is 11.9 Å². The highest BCUT2D eigenvalue weighted by atomic mass is 16.5. The van der Waals surface area contributed by atoms with Gasteiger partial charge in [0.15, 0.2) is 5.84 Å². The van der Waals surface area contributed by atoms with Crippen LogP contribution in [0.1, 0.15) is 20.8 Å². The predicted molar refractivity (Wildman–Crippen MR) is 43.7 cm³/mol. The van der Waals surface area contributed by atoms with E-state index in [1.54, 1.807) is 6.92 Å². The van der Waals surface area contributed by atoms with Crippen LogP contribution in [0.5, 0.6) is 0 Å². The molecule has 0 amide bonds. The van der Waals surface area contributed by atoms with E-state index in [0.717, 1.165) is 0 Å². The van der Waals surface area contributed by atoms with E-state index < -0.39 is 0 Å². The highest BCUT2D eigenvalue weighted by Gasteiger charge is 2.07. The fraction of sp³-hybridized carbons (Fsp3) is 0.857. The maximum absolute atomic E-state index is 8.25. The Morgan fingerprint density at radius 1 is 1.55 bits per heavy atom. The maximum Gasteiger partial charge on any atom is 0.168 e. The van der Waals surface area contributed by atoms with Gasteiger partial charge in [0, 0.05) is 6.61 Å². The summed E-state index contributed by atoms with van der Waals surface area (Å²) in [5, 5.41) is 11.1. The molecular weight excluding hydrogens is 144 g/mol. The summed E-state index contributed by atoms with van der Waals surface area (Å²) >= 11 is 0. The summed E-state index contributed by atoms with van der Waals surface area (Å²) in [5.41, 5.74) is 5.28. The Morgan fingerprint density at radius 3 is 2.45 bits per heavy atom. The summed E-state index contributed by atoms with van der Waals surface area (Å²) in [6, 6.07) is 0. The van der Waals surface area contributed by atoms with E-state index in [1.807, 2.05) is 13.8 Å². The van der Waals surface area contributed by atoms with Gasteiger partial charge in [0.05, 0.1) is 0 Å². The number of nitrogens with two attached hydrogens (primary N) is 1. The van der Waals surface area contributed by atoms with Crippen LogP contribution in [0.25, 0.3) is 0 Å². The lowest BCUT2D eigenvalue weighted by Gasteiger charge is -2.12. The molecule has 0 rings (SSSR count). The molecule has 0 saturated carbocycles. The Bertz CT molecular complexity index is 134. The van der Waals surface area contributed by atoms with Gasteiger partial charge in [0.25, 0.3) is 0 Å². The molecule has 0 radical (unpaired) electrons. The molecule has 0 aliphatic heterocycles. The maximum atomic E-state index is 8.25. The first kappa shape index (κ1) is 10.2. The highest BCUT2D eigenvalue weighted by Crippen LogP contribution is 1.97. The van der Waals surface area contributed by atoms with Crippen molar-refractivity contribution in [3.63, 3.8) is 0 Å². The summed E-state index contributed by atoms with van der Waals surface area (Å²) < 4.78 is 5.24. The third kappa shape index (κ3) is 4.61. The van der Waals surface area contributed by atoms with E-state index in [4.69, 9.17) is 15.7 Å². The second kappa shape index (κ2) is 4.96. The minimum Gasteiger partial charge on any atom is -0.409 e. The third-order valence-corrected chi connectivity index (χ3v) is 1.21. The monoisotopic (exact) mass is 160 g/mol. The number of hydrogen-bond acceptors (Lipinski definition) is 3. The summed E-state index contributed by atoms with van der Waals surface area (Å²) in [4.78, 5) is 0. The minimum atomic E-state index is -0.303. The van der Waals surface area contributed by atoms with Gasteiger partial charge in [-0.25, -0.2) is 0 Å². The molecule has 4 heteroatoms. The average Bonchev–Trinajstić information content (AvgIpc) is 1.98.